The van der Waals surface area contributed by atoms with Crippen LogP contribution in [0.15, 0.2) is 11.1 Å². The Morgan fingerprint density at radius 1 is 1.23 bits per heavy atom. The summed E-state index contributed by atoms with van der Waals surface area (Å²) in [5, 5.41) is 0.128. The van der Waals surface area contributed by atoms with Gasteiger partial charge in [-0.1, -0.05) is 45.4 Å². The molecule has 0 bridgehead atoms. The van der Waals surface area contributed by atoms with Crippen molar-refractivity contribution in [3.63, 3.8) is 0 Å². The van der Waals surface area contributed by atoms with E-state index in [1.807, 2.05) is 20.9 Å². The standard InChI is InChI=1S/C21H34NO3S/c1-6-16-18(19(23)26-9-4)17(7-2)22(5)14-21(16,20(24)25-8-3)15-12-10-11-13-15/h14-15,17H,6-13H2,1-5H3/q+1. The molecule has 1 heterocycles. The first-order valence-electron chi connectivity index (χ1n) is 10.1. The third-order valence-electron chi connectivity index (χ3n) is 5.90. The Kier molecular flexibility index (Phi) is 7.51. The molecule has 5 heteroatoms. The van der Waals surface area contributed by atoms with E-state index in [4.69, 9.17) is 4.74 Å². The Bertz CT molecular complexity index is 604. The molecule has 0 aromatic rings. The third kappa shape index (κ3) is 3.64. The summed E-state index contributed by atoms with van der Waals surface area (Å²) in [7, 11) is 2.01. The van der Waals surface area contributed by atoms with E-state index in [0.29, 0.717) is 13.0 Å². The summed E-state index contributed by atoms with van der Waals surface area (Å²) < 4.78 is 7.69. The molecule has 1 aliphatic heterocycles. The van der Waals surface area contributed by atoms with Crippen molar-refractivity contribution in [3.05, 3.63) is 11.1 Å². The van der Waals surface area contributed by atoms with Crippen molar-refractivity contribution in [2.75, 3.05) is 19.4 Å². The number of rotatable bonds is 7. The van der Waals surface area contributed by atoms with Crippen LogP contribution in [0, 0.1) is 11.3 Å². The van der Waals surface area contributed by atoms with E-state index in [0.717, 1.165) is 49.0 Å². The highest BCUT2D eigenvalue weighted by molar-refractivity contribution is 8.14. The van der Waals surface area contributed by atoms with Crippen LogP contribution >= 0.6 is 11.8 Å². The van der Waals surface area contributed by atoms with E-state index in [9.17, 15) is 9.59 Å². The molecule has 0 spiro atoms. The van der Waals surface area contributed by atoms with Gasteiger partial charge in [0.15, 0.2) is 17.7 Å². The zero-order valence-corrected chi connectivity index (χ0v) is 17.8. The Hall–Kier alpha value is -1.10. The number of hydrogen-bond acceptors (Lipinski definition) is 4. The predicted octanol–water partition coefficient (Wildman–Crippen LogP) is 4.22. The molecule has 4 nitrogen and oxygen atoms in total. The lowest BCUT2D eigenvalue weighted by Crippen LogP contribution is -2.51. The Labute approximate surface area is 162 Å². The molecule has 2 rings (SSSR count). The molecule has 0 N–H and O–H groups in total. The van der Waals surface area contributed by atoms with Crippen molar-refractivity contribution in [2.45, 2.75) is 72.3 Å². The highest BCUT2D eigenvalue weighted by atomic mass is 32.2. The van der Waals surface area contributed by atoms with Gasteiger partial charge in [0, 0.05) is 6.42 Å². The van der Waals surface area contributed by atoms with Gasteiger partial charge in [-0.3, -0.25) is 9.59 Å². The lowest BCUT2D eigenvalue weighted by Gasteiger charge is -2.39. The van der Waals surface area contributed by atoms with Crippen LogP contribution in [0.25, 0.3) is 0 Å². The number of likely N-dealkylation sites (N-methyl/N-ethyl adjacent to an activating group) is 1. The molecular formula is C21H34NO3S+. The van der Waals surface area contributed by atoms with Crippen molar-refractivity contribution >= 4 is 29.1 Å². The van der Waals surface area contributed by atoms with Crippen LogP contribution in [0.5, 0.6) is 0 Å². The van der Waals surface area contributed by atoms with Gasteiger partial charge in [0.2, 0.25) is 5.12 Å². The maximum atomic E-state index is 13.3. The molecule has 0 saturated heterocycles. The lowest BCUT2D eigenvalue weighted by molar-refractivity contribution is -0.528. The van der Waals surface area contributed by atoms with E-state index in [1.54, 1.807) is 0 Å². The molecule has 146 valence electrons. The van der Waals surface area contributed by atoms with E-state index in [2.05, 4.69) is 24.6 Å². The number of hydrogen-bond donors (Lipinski definition) is 0. The Balaban J connectivity index is 2.71. The summed E-state index contributed by atoms with van der Waals surface area (Å²) >= 11 is 1.36. The predicted molar refractivity (Wildman–Crippen MR) is 108 cm³/mol. The van der Waals surface area contributed by atoms with Crippen LogP contribution in [0.3, 0.4) is 0 Å². The zero-order chi connectivity index (χ0) is 19.3. The molecule has 0 amide bonds. The quantitative estimate of drug-likeness (QED) is 0.490. The number of carbonyl (C=O) groups is 2. The monoisotopic (exact) mass is 380 g/mol. The van der Waals surface area contributed by atoms with Gasteiger partial charge in [-0.05, 0) is 43.4 Å². The number of carbonyl (C=O) groups excluding carboxylic acids is 2. The summed E-state index contributed by atoms with van der Waals surface area (Å²) in [5.74, 6) is 0.807. The first-order chi connectivity index (χ1) is 12.5. The fraction of sp³-hybridized carbons (Fsp3) is 0.762. The van der Waals surface area contributed by atoms with Crippen molar-refractivity contribution in [3.8, 4) is 0 Å². The van der Waals surface area contributed by atoms with Gasteiger partial charge in [0.05, 0.1) is 12.2 Å². The average Bonchev–Trinajstić information content (AvgIpc) is 3.15. The smallest absolute Gasteiger partial charge is 0.326 e. The molecule has 0 radical (unpaired) electrons. The molecule has 26 heavy (non-hydrogen) atoms. The third-order valence-corrected chi connectivity index (χ3v) is 6.68. The molecule has 2 unspecified atom stereocenters. The average molecular weight is 381 g/mol. The fourth-order valence-electron chi connectivity index (χ4n) is 4.89. The summed E-state index contributed by atoms with van der Waals surface area (Å²) in [6.45, 7) is 8.42. The molecule has 1 saturated carbocycles. The first-order valence-corrected chi connectivity index (χ1v) is 11.1. The summed E-state index contributed by atoms with van der Waals surface area (Å²) in [6, 6.07) is 0.0421. The number of thioether (sulfide) groups is 1. The molecule has 1 aliphatic carbocycles. The summed E-state index contributed by atoms with van der Waals surface area (Å²) in [4.78, 5) is 26.4. The minimum absolute atomic E-state index is 0.0421. The van der Waals surface area contributed by atoms with Crippen LogP contribution in [-0.2, 0) is 14.3 Å². The van der Waals surface area contributed by atoms with Crippen LogP contribution in [0.4, 0.5) is 0 Å². The summed E-state index contributed by atoms with van der Waals surface area (Å²) in [6.07, 6.45) is 7.99. The second-order valence-corrected chi connectivity index (χ2v) is 8.49. The van der Waals surface area contributed by atoms with Gasteiger partial charge in [-0.25, -0.2) is 4.58 Å². The van der Waals surface area contributed by atoms with Gasteiger partial charge < -0.3 is 4.74 Å². The van der Waals surface area contributed by atoms with Gasteiger partial charge in [-0.2, -0.15) is 0 Å². The molecule has 1 fully saturated rings. The zero-order valence-electron chi connectivity index (χ0n) is 17.0. The van der Waals surface area contributed by atoms with Crippen LogP contribution in [-0.4, -0.2) is 47.3 Å². The van der Waals surface area contributed by atoms with Crippen molar-refractivity contribution in [1.82, 2.24) is 0 Å². The van der Waals surface area contributed by atoms with Crippen LogP contribution < -0.4 is 0 Å². The maximum absolute atomic E-state index is 13.3. The minimum atomic E-state index is -0.777. The molecule has 0 aromatic carbocycles. The maximum Gasteiger partial charge on any atom is 0.326 e. The highest BCUT2D eigenvalue weighted by Gasteiger charge is 2.56. The fourth-order valence-corrected chi connectivity index (χ4v) is 5.56. The Morgan fingerprint density at radius 3 is 2.38 bits per heavy atom. The largest absolute Gasteiger partial charge is 0.465 e. The number of ether oxygens (including phenoxy) is 1. The van der Waals surface area contributed by atoms with Gasteiger partial charge in [0.1, 0.15) is 7.05 Å². The molecular weight excluding hydrogens is 346 g/mol. The van der Waals surface area contributed by atoms with Crippen molar-refractivity contribution < 1.29 is 18.9 Å². The van der Waals surface area contributed by atoms with E-state index in [1.165, 1.54) is 11.8 Å². The normalized spacial score (nSPS) is 26.8. The van der Waals surface area contributed by atoms with Gasteiger partial charge >= 0.3 is 5.97 Å². The lowest BCUT2D eigenvalue weighted by atomic mass is 9.65. The van der Waals surface area contributed by atoms with Gasteiger partial charge in [0.25, 0.3) is 0 Å². The van der Waals surface area contributed by atoms with E-state index < -0.39 is 5.41 Å². The molecule has 2 aliphatic rings. The number of esters is 1. The van der Waals surface area contributed by atoms with E-state index >= 15 is 0 Å². The first kappa shape index (κ1) is 21.2. The second-order valence-electron chi connectivity index (χ2n) is 7.26. The van der Waals surface area contributed by atoms with Crippen molar-refractivity contribution in [2.24, 2.45) is 11.3 Å². The van der Waals surface area contributed by atoms with Crippen LogP contribution in [0.1, 0.15) is 66.2 Å². The SMILES string of the molecule is CCOC(=O)C1(C2CCCC2)C=[N+](C)C(CC)C(C(=O)SCC)=C1CC. The van der Waals surface area contributed by atoms with E-state index in [-0.39, 0.29) is 23.0 Å². The van der Waals surface area contributed by atoms with Gasteiger partial charge in [-0.15, -0.1) is 0 Å². The Morgan fingerprint density at radius 2 is 1.88 bits per heavy atom. The summed E-state index contributed by atoms with van der Waals surface area (Å²) in [5.41, 5.74) is 1.09. The topological polar surface area (TPSA) is 46.4 Å². The molecule has 0 aromatic heterocycles. The second kappa shape index (κ2) is 9.20. The minimum Gasteiger partial charge on any atom is -0.465 e. The number of nitrogens with zero attached hydrogens (tertiary/aromatic N) is 1. The highest BCUT2D eigenvalue weighted by Crippen LogP contribution is 2.49. The molecule has 2 atom stereocenters. The van der Waals surface area contributed by atoms with Crippen LogP contribution in [0.2, 0.25) is 0 Å². The van der Waals surface area contributed by atoms with Crippen molar-refractivity contribution in [1.29, 1.82) is 0 Å².